The zero-order valence-electron chi connectivity index (χ0n) is 14.9. The monoisotopic (exact) mass is 344 g/mol. The molecule has 1 aromatic carbocycles. The molecule has 1 fully saturated rings. The van der Waals surface area contributed by atoms with Crippen molar-refractivity contribution in [3.63, 3.8) is 0 Å². The summed E-state index contributed by atoms with van der Waals surface area (Å²) < 4.78 is 11.1. The molecule has 0 radical (unpaired) electrons. The van der Waals surface area contributed by atoms with Gasteiger partial charge in [0.05, 0.1) is 19.3 Å². The zero-order chi connectivity index (χ0) is 17.8. The standard InChI is InChI=1S/C18H24N4O3/c1-13(21(3)11-15-7-5-4-6-8-15)18(23)22-9-10-24-12-16(22)17-20-19-14(2)25-17/h4-8,13,16H,9-12H2,1-3H3/t13-,16-/m0/s1. The largest absolute Gasteiger partial charge is 0.423 e. The minimum atomic E-state index is -0.324. The fourth-order valence-electron chi connectivity index (χ4n) is 2.96. The average Bonchev–Trinajstić information content (AvgIpc) is 3.07. The molecule has 7 heteroatoms. The lowest BCUT2D eigenvalue weighted by atomic mass is 10.1. The molecule has 1 amide bonds. The van der Waals surface area contributed by atoms with Gasteiger partial charge in [-0.1, -0.05) is 30.3 Å². The first kappa shape index (κ1) is 17.6. The number of ether oxygens (including phenoxy) is 1. The highest BCUT2D eigenvalue weighted by molar-refractivity contribution is 5.82. The van der Waals surface area contributed by atoms with Crippen LogP contribution in [0.5, 0.6) is 0 Å². The number of nitrogens with zero attached hydrogens (tertiary/aromatic N) is 4. The molecule has 1 aliphatic rings. The molecule has 0 spiro atoms. The van der Waals surface area contributed by atoms with Gasteiger partial charge in [0.15, 0.2) is 0 Å². The summed E-state index contributed by atoms with van der Waals surface area (Å²) >= 11 is 0. The Morgan fingerprint density at radius 3 is 2.80 bits per heavy atom. The van der Waals surface area contributed by atoms with Crippen LogP contribution in [0.3, 0.4) is 0 Å². The molecule has 3 rings (SSSR count). The van der Waals surface area contributed by atoms with E-state index in [0.717, 1.165) is 0 Å². The van der Waals surface area contributed by atoms with Gasteiger partial charge in [0.1, 0.15) is 6.04 Å². The predicted octanol–water partition coefficient (Wildman–Crippen LogP) is 1.80. The van der Waals surface area contributed by atoms with Gasteiger partial charge in [-0.25, -0.2) is 0 Å². The van der Waals surface area contributed by atoms with Crippen molar-refractivity contribution in [2.75, 3.05) is 26.8 Å². The Morgan fingerprint density at radius 1 is 1.36 bits per heavy atom. The number of aryl methyl sites for hydroxylation is 1. The maximum absolute atomic E-state index is 13.1. The van der Waals surface area contributed by atoms with Crippen molar-refractivity contribution in [2.24, 2.45) is 0 Å². The maximum Gasteiger partial charge on any atom is 0.241 e. The maximum atomic E-state index is 13.1. The molecule has 2 atom stereocenters. The predicted molar refractivity (Wildman–Crippen MR) is 91.7 cm³/mol. The molecular formula is C18H24N4O3. The van der Waals surface area contributed by atoms with Gasteiger partial charge in [-0.3, -0.25) is 9.69 Å². The minimum absolute atomic E-state index is 0.0441. The van der Waals surface area contributed by atoms with Crippen molar-refractivity contribution in [3.05, 3.63) is 47.7 Å². The number of morpholine rings is 1. The first-order valence-corrected chi connectivity index (χ1v) is 8.48. The molecular weight excluding hydrogens is 320 g/mol. The summed E-state index contributed by atoms with van der Waals surface area (Å²) in [7, 11) is 1.96. The second-order valence-corrected chi connectivity index (χ2v) is 6.36. The van der Waals surface area contributed by atoms with Gasteiger partial charge in [-0.15, -0.1) is 10.2 Å². The van der Waals surface area contributed by atoms with Crippen LogP contribution in [0, 0.1) is 6.92 Å². The van der Waals surface area contributed by atoms with Crippen LogP contribution in [-0.2, 0) is 16.1 Å². The highest BCUT2D eigenvalue weighted by atomic mass is 16.5. The van der Waals surface area contributed by atoms with Crippen molar-refractivity contribution in [2.45, 2.75) is 32.5 Å². The highest BCUT2D eigenvalue weighted by Gasteiger charge is 2.35. The second kappa shape index (κ2) is 7.76. The van der Waals surface area contributed by atoms with Crippen molar-refractivity contribution in [1.29, 1.82) is 0 Å². The summed E-state index contributed by atoms with van der Waals surface area (Å²) in [6, 6.07) is 9.54. The molecule has 2 aromatic rings. The third-order valence-corrected chi connectivity index (χ3v) is 4.53. The fourth-order valence-corrected chi connectivity index (χ4v) is 2.96. The summed E-state index contributed by atoms with van der Waals surface area (Å²) in [4.78, 5) is 16.9. The molecule has 1 aliphatic heterocycles. The van der Waals surface area contributed by atoms with Gasteiger partial charge >= 0.3 is 0 Å². The lowest BCUT2D eigenvalue weighted by Gasteiger charge is -2.37. The van der Waals surface area contributed by atoms with Crippen LogP contribution in [0.4, 0.5) is 0 Å². The third-order valence-electron chi connectivity index (χ3n) is 4.53. The van der Waals surface area contributed by atoms with E-state index in [9.17, 15) is 4.79 Å². The molecule has 7 nitrogen and oxygen atoms in total. The number of hydrogen-bond donors (Lipinski definition) is 0. The summed E-state index contributed by atoms with van der Waals surface area (Å²) in [6.45, 7) is 5.79. The van der Waals surface area contributed by atoms with Gasteiger partial charge in [0.2, 0.25) is 17.7 Å². The molecule has 25 heavy (non-hydrogen) atoms. The second-order valence-electron chi connectivity index (χ2n) is 6.36. The van der Waals surface area contributed by atoms with Gasteiger partial charge in [0.25, 0.3) is 0 Å². The van der Waals surface area contributed by atoms with Crippen LogP contribution in [0.1, 0.15) is 30.3 Å². The number of amides is 1. The normalized spacial score (nSPS) is 19.2. The van der Waals surface area contributed by atoms with Crippen molar-refractivity contribution >= 4 is 5.91 Å². The summed E-state index contributed by atoms with van der Waals surface area (Å²) in [5.74, 6) is 0.966. The third kappa shape index (κ3) is 4.05. The number of benzene rings is 1. The molecule has 0 saturated carbocycles. The molecule has 134 valence electrons. The van der Waals surface area contributed by atoms with Crippen LogP contribution in [0.2, 0.25) is 0 Å². The number of carbonyl (C=O) groups is 1. The smallest absolute Gasteiger partial charge is 0.241 e. The van der Waals surface area contributed by atoms with E-state index in [-0.39, 0.29) is 18.0 Å². The van der Waals surface area contributed by atoms with E-state index in [2.05, 4.69) is 22.3 Å². The summed E-state index contributed by atoms with van der Waals surface area (Å²) in [5, 5.41) is 7.94. The van der Waals surface area contributed by atoms with Crippen molar-refractivity contribution in [3.8, 4) is 0 Å². The van der Waals surface area contributed by atoms with E-state index in [1.807, 2.05) is 37.1 Å². The van der Waals surface area contributed by atoms with E-state index < -0.39 is 0 Å². The van der Waals surface area contributed by atoms with E-state index in [4.69, 9.17) is 9.15 Å². The molecule has 0 N–H and O–H groups in total. The highest BCUT2D eigenvalue weighted by Crippen LogP contribution is 2.24. The first-order chi connectivity index (χ1) is 12.1. The fraction of sp³-hybridized carbons (Fsp3) is 0.500. The number of rotatable bonds is 5. The summed E-state index contributed by atoms with van der Waals surface area (Å²) in [5.41, 5.74) is 1.18. The number of carbonyl (C=O) groups excluding carboxylic acids is 1. The van der Waals surface area contributed by atoms with Crippen LogP contribution >= 0.6 is 0 Å². The van der Waals surface area contributed by atoms with E-state index in [1.54, 1.807) is 11.8 Å². The van der Waals surface area contributed by atoms with Crippen LogP contribution in [-0.4, -0.2) is 58.8 Å². The van der Waals surface area contributed by atoms with Crippen molar-refractivity contribution in [1.82, 2.24) is 20.0 Å². The lowest BCUT2D eigenvalue weighted by Crippen LogP contribution is -2.51. The molecule has 1 saturated heterocycles. The van der Waals surface area contributed by atoms with Gasteiger partial charge in [0, 0.05) is 20.0 Å². The van der Waals surface area contributed by atoms with Crippen molar-refractivity contribution < 1.29 is 13.9 Å². The zero-order valence-corrected chi connectivity index (χ0v) is 14.9. The Bertz CT molecular complexity index is 703. The van der Waals surface area contributed by atoms with E-state index >= 15 is 0 Å². The molecule has 0 aliphatic carbocycles. The first-order valence-electron chi connectivity index (χ1n) is 8.48. The molecule has 2 heterocycles. The Hall–Kier alpha value is -2.25. The number of likely N-dealkylation sites (N-methyl/N-ethyl adjacent to an activating group) is 1. The van der Waals surface area contributed by atoms with E-state index in [0.29, 0.717) is 38.1 Å². The molecule has 0 unspecified atom stereocenters. The van der Waals surface area contributed by atoms with Gasteiger partial charge in [-0.05, 0) is 19.5 Å². The molecule has 1 aromatic heterocycles. The lowest BCUT2D eigenvalue weighted by molar-refractivity contribution is -0.146. The van der Waals surface area contributed by atoms with Crippen LogP contribution in [0.25, 0.3) is 0 Å². The Morgan fingerprint density at radius 2 is 2.12 bits per heavy atom. The quantitative estimate of drug-likeness (QED) is 0.824. The minimum Gasteiger partial charge on any atom is -0.423 e. The number of hydrogen-bond acceptors (Lipinski definition) is 6. The Labute approximate surface area is 147 Å². The van der Waals surface area contributed by atoms with Gasteiger partial charge in [-0.2, -0.15) is 0 Å². The topological polar surface area (TPSA) is 71.7 Å². The number of aromatic nitrogens is 2. The Balaban J connectivity index is 1.70. The van der Waals surface area contributed by atoms with Gasteiger partial charge < -0.3 is 14.1 Å². The Kier molecular flexibility index (Phi) is 5.45. The SMILES string of the molecule is Cc1nnc([C@@H]2COCCN2C(=O)[C@H](C)N(C)Cc2ccccc2)o1. The van der Waals surface area contributed by atoms with Crippen LogP contribution in [0.15, 0.2) is 34.7 Å². The van der Waals surface area contributed by atoms with E-state index in [1.165, 1.54) is 5.56 Å². The summed E-state index contributed by atoms with van der Waals surface area (Å²) in [6.07, 6.45) is 0. The molecule has 0 bridgehead atoms. The average molecular weight is 344 g/mol. The van der Waals surface area contributed by atoms with Crippen LogP contribution < -0.4 is 0 Å².